The van der Waals surface area contributed by atoms with Gasteiger partial charge in [0.1, 0.15) is 21.9 Å². The molecule has 0 saturated carbocycles. The van der Waals surface area contributed by atoms with E-state index in [1.165, 1.54) is 17.0 Å². The van der Waals surface area contributed by atoms with Gasteiger partial charge in [0, 0.05) is 5.69 Å². The third kappa shape index (κ3) is 4.40. The number of nitrogens with zero attached hydrogens (tertiary/aromatic N) is 1. The van der Waals surface area contributed by atoms with Gasteiger partial charge < -0.3 is 10.1 Å². The molecule has 0 spiro atoms. The van der Waals surface area contributed by atoms with E-state index in [1.807, 2.05) is 0 Å². The van der Waals surface area contributed by atoms with Crippen molar-refractivity contribution in [1.29, 1.82) is 0 Å². The van der Waals surface area contributed by atoms with Gasteiger partial charge >= 0.3 is 0 Å². The zero-order chi connectivity index (χ0) is 20.3. The number of halogens is 1. The zero-order valence-corrected chi connectivity index (χ0v) is 16.8. The Bertz CT molecular complexity index is 943. The van der Waals surface area contributed by atoms with E-state index in [4.69, 9.17) is 17.0 Å². The SMILES string of the molecule is COc1ccc(NC(=O)C(C)N2C(=O)/C(=C/c3ccc(F)cc3)SC2=S)cc1. The van der Waals surface area contributed by atoms with Gasteiger partial charge in [0.05, 0.1) is 12.0 Å². The second-order valence-corrected chi connectivity index (χ2v) is 7.67. The third-order valence-corrected chi connectivity index (χ3v) is 5.45. The minimum absolute atomic E-state index is 0.302. The van der Waals surface area contributed by atoms with E-state index in [9.17, 15) is 14.0 Å². The number of benzene rings is 2. The smallest absolute Gasteiger partial charge is 0.266 e. The fourth-order valence-corrected chi connectivity index (χ4v) is 3.98. The molecule has 8 heteroatoms. The van der Waals surface area contributed by atoms with Gasteiger partial charge in [-0.1, -0.05) is 36.1 Å². The maximum atomic E-state index is 13.0. The van der Waals surface area contributed by atoms with Crippen LogP contribution in [0.1, 0.15) is 12.5 Å². The van der Waals surface area contributed by atoms with Crippen molar-refractivity contribution in [3.63, 3.8) is 0 Å². The number of rotatable bonds is 5. The van der Waals surface area contributed by atoms with Crippen molar-refractivity contribution >= 4 is 51.9 Å². The van der Waals surface area contributed by atoms with Crippen molar-refractivity contribution in [1.82, 2.24) is 4.90 Å². The van der Waals surface area contributed by atoms with Gasteiger partial charge in [-0.15, -0.1) is 0 Å². The number of anilines is 1. The van der Waals surface area contributed by atoms with E-state index in [0.29, 0.717) is 26.2 Å². The Kier molecular flexibility index (Phi) is 6.11. The van der Waals surface area contributed by atoms with Crippen molar-refractivity contribution in [2.24, 2.45) is 0 Å². The molecule has 5 nitrogen and oxygen atoms in total. The molecule has 2 amide bonds. The highest BCUT2D eigenvalue weighted by Gasteiger charge is 2.38. The monoisotopic (exact) mass is 416 g/mol. The number of nitrogens with one attached hydrogen (secondary N) is 1. The van der Waals surface area contributed by atoms with Crippen LogP contribution in [-0.2, 0) is 9.59 Å². The highest BCUT2D eigenvalue weighted by molar-refractivity contribution is 8.26. The second-order valence-electron chi connectivity index (χ2n) is 6.00. The molecule has 2 aromatic rings. The molecule has 1 saturated heterocycles. The molecule has 1 heterocycles. The number of carbonyl (C=O) groups excluding carboxylic acids is 2. The summed E-state index contributed by atoms with van der Waals surface area (Å²) in [6.07, 6.45) is 1.63. The molecule has 1 N–H and O–H groups in total. The molecule has 1 unspecified atom stereocenters. The molecular formula is C20H17FN2O3S2. The highest BCUT2D eigenvalue weighted by Crippen LogP contribution is 2.34. The van der Waals surface area contributed by atoms with Crippen LogP contribution in [0.3, 0.4) is 0 Å². The lowest BCUT2D eigenvalue weighted by Crippen LogP contribution is -2.44. The summed E-state index contributed by atoms with van der Waals surface area (Å²) in [5.74, 6) is -0.386. The van der Waals surface area contributed by atoms with E-state index < -0.39 is 6.04 Å². The average molecular weight is 416 g/mol. The van der Waals surface area contributed by atoms with Crippen LogP contribution in [0.15, 0.2) is 53.4 Å². The third-order valence-electron chi connectivity index (χ3n) is 4.12. The van der Waals surface area contributed by atoms with Gasteiger partial charge in [0.15, 0.2) is 0 Å². The predicted octanol–water partition coefficient (Wildman–Crippen LogP) is 4.06. The van der Waals surface area contributed by atoms with E-state index in [0.717, 1.165) is 11.8 Å². The topological polar surface area (TPSA) is 58.6 Å². The summed E-state index contributed by atoms with van der Waals surface area (Å²) < 4.78 is 18.4. The van der Waals surface area contributed by atoms with Crippen molar-refractivity contribution in [2.45, 2.75) is 13.0 Å². The normalized spacial score (nSPS) is 16.4. The van der Waals surface area contributed by atoms with Gasteiger partial charge in [-0.25, -0.2) is 4.39 Å². The van der Waals surface area contributed by atoms with Gasteiger partial charge in [0.2, 0.25) is 5.91 Å². The number of carbonyl (C=O) groups is 2. The molecule has 1 fully saturated rings. The first-order chi connectivity index (χ1) is 13.4. The minimum Gasteiger partial charge on any atom is -0.497 e. The molecule has 1 aliphatic heterocycles. The Morgan fingerprint density at radius 1 is 1.21 bits per heavy atom. The van der Waals surface area contributed by atoms with Crippen molar-refractivity contribution < 1.29 is 18.7 Å². The Morgan fingerprint density at radius 2 is 1.86 bits per heavy atom. The number of hydrogen-bond donors (Lipinski definition) is 1. The quantitative estimate of drug-likeness (QED) is 0.588. The first-order valence-electron chi connectivity index (χ1n) is 8.36. The van der Waals surface area contributed by atoms with E-state index >= 15 is 0 Å². The molecule has 0 radical (unpaired) electrons. The lowest BCUT2D eigenvalue weighted by Gasteiger charge is -2.22. The molecule has 1 aliphatic rings. The van der Waals surface area contributed by atoms with Crippen molar-refractivity contribution in [2.75, 3.05) is 12.4 Å². The molecule has 144 valence electrons. The fraction of sp³-hybridized carbons (Fsp3) is 0.150. The van der Waals surface area contributed by atoms with Crippen molar-refractivity contribution in [3.05, 3.63) is 64.8 Å². The standard InChI is InChI=1S/C20H17FN2O3S2/c1-12(18(24)22-15-7-9-16(26-2)10-8-15)23-19(25)17(28-20(23)27)11-13-3-5-14(21)6-4-13/h3-12H,1-2H3,(H,22,24)/b17-11-. The van der Waals surface area contributed by atoms with Crippen LogP contribution >= 0.6 is 24.0 Å². The highest BCUT2D eigenvalue weighted by atomic mass is 32.2. The fourth-order valence-electron chi connectivity index (χ4n) is 2.56. The average Bonchev–Trinajstić information content (AvgIpc) is 2.96. The number of thiocarbonyl (C=S) groups is 1. The number of thioether (sulfide) groups is 1. The second kappa shape index (κ2) is 8.53. The first kappa shape index (κ1) is 20.0. The van der Waals surface area contributed by atoms with Crippen LogP contribution in [0.4, 0.5) is 10.1 Å². The zero-order valence-electron chi connectivity index (χ0n) is 15.1. The summed E-state index contributed by atoms with van der Waals surface area (Å²) >= 11 is 6.41. The summed E-state index contributed by atoms with van der Waals surface area (Å²) in [6, 6.07) is 11.9. The Balaban J connectivity index is 1.72. The van der Waals surface area contributed by atoms with Crippen LogP contribution in [-0.4, -0.2) is 34.2 Å². The molecule has 0 aromatic heterocycles. The molecule has 1 atom stereocenters. The number of amides is 2. The molecule has 2 aromatic carbocycles. The number of hydrogen-bond acceptors (Lipinski definition) is 5. The molecule has 0 bridgehead atoms. The van der Waals surface area contributed by atoms with Gasteiger partial charge in [-0.2, -0.15) is 0 Å². The van der Waals surface area contributed by atoms with Crippen LogP contribution in [0.5, 0.6) is 5.75 Å². The van der Waals surface area contributed by atoms with Crippen molar-refractivity contribution in [3.8, 4) is 5.75 Å². The van der Waals surface area contributed by atoms with Crippen LogP contribution < -0.4 is 10.1 Å². The molecule has 28 heavy (non-hydrogen) atoms. The summed E-state index contributed by atoms with van der Waals surface area (Å²) in [4.78, 5) is 27.0. The number of ether oxygens (including phenoxy) is 1. The van der Waals surface area contributed by atoms with Gasteiger partial charge in [-0.3, -0.25) is 14.5 Å². The molecular weight excluding hydrogens is 399 g/mol. The Labute approximate surface area is 171 Å². The van der Waals surface area contributed by atoms with E-state index in [-0.39, 0.29) is 17.6 Å². The predicted molar refractivity (Wildman–Crippen MR) is 112 cm³/mol. The van der Waals surface area contributed by atoms with Gasteiger partial charge in [-0.05, 0) is 55.0 Å². The lowest BCUT2D eigenvalue weighted by atomic mass is 10.2. The van der Waals surface area contributed by atoms with E-state index in [1.54, 1.807) is 56.5 Å². The largest absolute Gasteiger partial charge is 0.497 e. The maximum absolute atomic E-state index is 13.0. The van der Waals surface area contributed by atoms with Crippen LogP contribution in [0, 0.1) is 5.82 Å². The lowest BCUT2D eigenvalue weighted by molar-refractivity contribution is -0.129. The Hall–Kier alpha value is -2.71. The molecule has 3 rings (SSSR count). The van der Waals surface area contributed by atoms with E-state index in [2.05, 4.69) is 5.32 Å². The van der Waals surface area contributed by atoms with Crippen LogP contribution in [0.25, 0.3) is 6.08 Å². The van der Waals surface area contributed by atoms with Crippen LogP contribution in [0.2, 0.25) is 0 Å². The number of methoxy groups -OCH3 is 1. The Morgan fingerprint density at radius 3 is 2.46 bits per heavy atom. The summed E-state index contributed by atoms with van der Waals surface area (Å²) in [5, 5.41) is 2.76. The summed E-state index contributed by atoms with van der Waals surface area (Å²) in [5.41, 5.74) is 1.27. The minimum atomic E-state index is -0.784. The molecule has 0 aliphatic carbocycles. The summed E-state index contributed by atoms with van der Waals surface area (Å²) in [7, 11) is 1.56. The first-order valence-corrected chi connectivity index (χ1v) is 9.59. The maximum Gasteiger partial charge on any atom is 0.266 e. The summed E-state index contributed by atoms with van der Waals surface area (Å²) in [6.45, 7) is 1.62. The van der Waals surface area contributed by atoms with Gasteiger partial charge in [0.25, 0.3) is 5.91 Å².